The van der Waals surface area contributed by atoms with Gasteiger partial charge in [0.25, 0.3) is 10.0 Å². The number of hydrogen-bond donors (Lipinski definition) is 2. The standard InChI is InChI=1S/C20H24N2O2S/c1-14(2)15-6-8-19(9-7-15)25(23,24)22-18-5-3-4-16(10-18)20-11-17(20)12-21-13-20/h3-10,14,17,21-22H,11-13H2,1-2H3/t17-,20+/m0/s1. The molecule has 0 aromatic heterocycles. The van der Waals surface area contributed by atoms with Crippen molar-refractivity contribution in [2.24, 2.45) is 5.92 Å². The van der Waals surface area contributed by atoms with E-state index in [9.17, 15) is 8.42 Å². The molecule has 0 spiro atoms. The van der Waals surface area contributed by atoms with E-state index < -0.39 is 10.0 Å². The van der Waals surface area contributed by atoms with Gasteiger partial charge in [0, 0.05) is 17.6 Å². The highest BCUT2D eigenvalue weighted by molar-refractivity contribution is 7.92. The monoisotopic (exact) mass is 356 g/mol. The summed E-state index contributed by atoms with van der Waals surface area (Å²) in [7, 11) is -3.57. The first kappa shape index (κ1) is 16.6. The van der Waals surface area contributed by atoms with Crippen molar-refractivity contribution in [2.45, 2.75) is 36.5 Å². The van der Waals surface area contributed by atoms with Crippen LogP contribution >= 0.6 is 0 Å². The summed E-state index contributed by atoms with van der Waals surface area (Å²) in [5, 5.41) is 3.43. The molecule has 1 aliphatic carbocycles. The maximum absolute atomic E-state index is 12.7. The van der Waals surface area contributed by atoms with E-state index in [1.54, 1.807) is 12.1 Å². The number of hydrogen-bond acceptors (Lipinski definition) is 3. The van der Waals surface area contributed by atoms with Gasteiger partial charge in [0.2, 0.25) is 0 Å². The predicted molar refractivity (Wildman–Crippen MR) is 100 cm³/mol. The van der Waals surface area contributed by atoms with Crippen molar-refractivity contribution in [2.75, 3.05) is 17.8 Å². The number of rotatable bonds is 5. The second kappa shape index (κ2) is 5.85. The average molecular weight is 356 g/mol. The van der Waals surface area contributed by atoms with Gasteiger partial charge < -0.3 is 5.32 Å². The summed E-state index contributed by atoms with van der Waals surface area (Å²) in [5.41, 5.74) is 3.23. The topological polar surface area (TPSA) is 58.2 Å². The first-order valence-electron chi connectivity index (χ1n) is 8.85. The van der Waals surface area contributed by atoms with Gasteiger partial charge in [-0.2, -0.15) is 0 Å². The normalized spacial score (nSPS) is 25.0. The summed E-state index contributed by atoms with van der Waals surface area (Å²) >= 11 is 0. The number of nitrogens with one attached hydrogen (secondary N) is 2. The Morgan fingerprint density at radius 3 is 2.52 bits per heavy atom. The Morgan fingerprint density at radius 2 is 1.92 bits per heavy atom. The molecule has 132 valence electrons. The molecule has 0 radical (unpaired) electrons. The van der Waals surface area contributed by atoms with Gasteiger partial charge in [-0.25, -0.2) is 8.42 Å². The van der Waals surface area contributed by atoms with Crippen molar-refractivity contribution in [1.29, 1.82) is 0 Å². The van der Waals surface area contributed by atoms with Crippen LogP contribution in [0, 0.1) is 5.92 Å². The summed E-state index contributed by atoms with van der Waals surface area (Å²) in [6.45, 7) is 6.24. The third-order valence-electron chi connectivity index (χ3n) is 5.61. The molecule has 0 unspecified atom stereocenters. The van der Waals surface area contributed by atoms with Crippen molar-refractivity contribution in [1.82, 2.24) is 5.32 Å². The molecule has 1 saturated carbocycles. The molecule has 4 nitrogen and oxygen atoms in total. The molecule has 0 amide bonds. The fourth-order valence-corrected chi connectivity index (χ4v) is 4.98. The maximum atomic E-state index is 12.7. The Morgan fingerprint density at radius 1 is 1.16 bits per heavy atom. The van der Waals surface area contributed by atoms with Crippen LogP contribution in [0.3, 0.4) is 0 Å². The lowest BCUT2D eigenvalue weighted by molar-refractivity contribution is 0.601. The summed E-state index contributed by atoms with van der Waals surface area (Å²) in [5.74, 6) is 1.08. The minimum Gasteiger partial charge on any atom is -0.316 e. The molecule has 4 rings (SSSR count). The smallest absolute Gasteiger partial charge is 0.261 e. The molecule has 2 aliphatic rings. The van der Waals surface area contributed by atoms with E-state index in [2.05, 4.69) is 30.0 Å². The summed E-state index contributed by atoms with van der Waals surface area (Å²) in [4.78, 5) is 0.298. The van der Waals surface area contributed by atoms with Crippen LogP contribution in [-0.4, -0.2) is 21.5 Å². The van der Waals surface area contributed by atoms with Crippen LogP contribution in [0.25, 0.3) is 0 Å². The van der Waals surface area contributed by atoms with E-state index in [0.717, 1.165) is 18.7 Å². The van der Waals surface area contributed by atoms with Crippen molar-refractivity contribution < 1.29 is 8.42 Å². The van der Waals surface area contributed by atoms with Crippen LogP contribution < -0.4 is 10.0 Å². The van der Waals surface area contributed by atoms with Crippen LogP contribution in [0.5, 0.6) is 0 Å². The average Bonchev–Trinajstić information content (AvgIpc) is 3.16. The van der Waals surface area contributed by atoms with E-state index in [-0.39, 0.29) is 5.41 Å². The van der Waals surface area contributed by atoms with Crippen LogP contribution in [0.1, 0.15) is 37.3 Å². The Bertz CT molecular complexity index is 890. The molecule has 1 aliphatic heterocycles. The molecule has 2 aromatic rings. The van der Waals surface area contributed by atoms with E-state index >= 15 is 0 Å². The maximum Gasteiger partial charge on any atom is 0.261 e. The molecule has 2 fully saturated rings. The van der Waals surface area contributed by atoms with Gasteiger partial charge in [-0.1, -0.05) is 38.1 Å². The van der Waals surface area contributed by atoms with Crippen molar-refractivity contribution in [3.8, 4) is 0 Å². The lowest BCUT2D eigenvalue weighted by Gasteiger charge is -2.15. The molecule has 5 heteroatoms. The van der Waals surface area contributed by atoms with Crippen molar-refractivity contribution in [3.63, 3.8) is 0 Å². The highest BCUT2D eigenvalue weighted by atomic mass is 32.2. The number of benzene rings is 2. The third-order valence-corrected chi connectivity index (χ3v) is 7.01. The van der Waals surface area contributed by atoms with Crippen molar-refractivity contribution >= 4 is 15.7 Å². The zero-order chi connectivity index (χ0) is 17.7. The lowest BCUT2D eigenvalue weighted by atomic mass is 9.95. The van der Waals surface area contributed by atoms with E-state index in [0.29, 0.717) is 22.4 Å². The molecule has 1 saturated heterocycles. The van der Waals surface area contributed by atoms with Gasteiger partial charge in [-0.3, -0.25) is 4.72 Å². The van der Waals surface area contributed by atoms with Crippen LogP contribution in [0.4, 0.5) is 5.69 Å². The van der Waals surface area contributed by atoms with E-state index in [1.807, 2.05) is 30.3 Å². The molecule has 2 aromatic carbocycles. The molecule has 0 bridgehead atoms. The molecule has 25 heavy (non-hydrogen) atoms. The number of fused-ring (bicyclic) bond motifs is 1. The highest BCUT2D eigenvalue weighted by Gasteiger charge is 2.57. The van der Waals surface area contributed by atoms with Crippen LogP contribution in [0.2, 0.25) is 0 Å². The Balaban J connectivity index is 1.57. The minimum atomic E-state index is -3.57. The number of anilines is 1. The summed E-state index contributed by atoms with van der Waals surface area (Å²) in [6.07, 6.45) is 1.20. The van der Waals surface area contributed by atoms with Crippen LogP contribution in [0.15, 0.2) is 53.4 Å². The summed E-state index contributed by atoms with van der Waals surface area (Å²) in [6, 6.07) is 15.0. The van der Waals surface area contributed by atoms with E-state index in [4.69, 9.17) is 0 Å². The fourth-order valence-electron chi connectivity index (χ4n) is 3.93. The Labute approximate surface area is 149 Å². The molecule has 2 N–H and O–H groups in total. The second-order valence-electron chi connectivity index (χ2n) is 7.60. The van der Waals surface area contributed by atoms with Gasteiger partial charge in [0.05, 0.1) is 4.90 Å². The zero-order valence-electron chi connectivity index (χ0n) is 14.6. The number of sulfonamides is 1. The lowest BCUT2D eigenvalue weighted by Crippen LogP contribution is -2.19. The van der Waals surface area contributed by atoms with Gasteiger partial charge in [0.15, 0.2) is 0 Å². The fraction of sp³-hybridized carbons (Fsp3) is 0.400. The first-order chi connectivity index (χ1) is 11.9. The Kier molecular flexibility index (Phi) is 3.89. The Hall–Kier alpha value is -1.85. The highest BCUT2D eigenvalue weighted by Crippen LogP contribution is 2.56. The molecule has 2 atom stereocenters. The third kappa shape index (κ3) is 2.96. The molecular weight excluding hydrogens is 332 g/mol. The van der Waals surface area contributed by atoms with Gasteiger partial charge in [0.1, 0.15) is 0 Å². The van der Waals surface area contributed by atoms with Gasteiger partial charge in [-0.15, -0.1) is 0 Å². The number of piperidine rings is 1. The first-order valence-corrected chi connectivity index (χ1v) is 10.3. The van der Waals surface area contributed by atoms with Crippen LogP contribution in [-0.2, 0) is 15.4 Å². The van der Waals surface area contributed by atoms with E-state index in [1.165, 1.54) is 12.0 Å². The van der Waals surface area contributed by atoms with Crippen molar-refractivity contribution in [3.05, 3.63) is 59.7 Å². The van der Waals surface area contributed by atoms with Gasteiger partial charge >= 0.3 is 0 Å². The summed E-state index contributed by atoms with van der Waals surface area (Å²) < 4.78 is 28.1. The quantitative estimate of drug-likeness (QED) is 0.862. The second-order valence-corrected chi connectivity index (χ2v) is 9.28. The largest absolute Gasteiger partial charge is 0.316 e. The minimum absolute atomic E-state index is 0.223. The molecular formula is C20H24N2O2S. The van der Waals surface area contributed by atoms with Gasteiger partial charge in [-0.05, 0) is 60.2 Å². The SMILES string of the molecule is CC(C)c1ccc(S(=O)(=O)Nc2cccc([C@@]34CNC[C@@H]3C4)c2)cc1. The predicted octanol–water partition coefficient (Wildman–Crippen LogP) is 3.47. The zero-order valence-corrected chi connectivity index (χ0v) is 15.4. The molecule has 1 heterocycles.